The number of urea groups is 1. The lowest BCUT2D eigenvalue weighted by Crippen LogP contribution is -2.47. The van der Waals surface area contributed by atoms with Crippen LogP contribution in [0.2, 0.25) is 0 Å². The van der Waals surface area contributed by atoms with Crippen molar-refractivity contribution in [1.29, 1.82) is 0 Å². The van der Waals surface area contributed by atoms with E-state index in [1.807, 2.05) is 13.8 Å². The number of rotatable bonds is 7. The number of hydrogen-bond acceptors (Lipinski definition) is 2. The van der Waals surface area contributed by atoms with Crippen LogP contribution < -0.4 is 5.32 Å². The lowest BCUT2D eigenvalue weighted by molar-refractivity contribution is -0.137. The Kier molecular flexibility index (Phi) is 6.87. The highest BCUT2D eigenvalue weighted by Crippen LogP contribution is 2.24. The molecule has 0 aromatic rings. The van der Waals surface area contributed by atoms with E-state index < -0.39 is 5.97 Å². The van der Waals surface area contributed by atoms with Crippen LogP contribution in [0.25, 0.3) is 0 Å². The van der Waals surface area contributed by atoms with Crippen molar-refractivity contribution in [2.24, 2.45) is 17.3 Å². The fourth-order valence-corrected chi connectivity index (χ4v) is 1.44. The van der Waals surface area contributed by atoms with Crippen molar-refractivity contribution in [3.05, 3.63) is 0 Å². The van der Waals surface area contributed by atoms with Crippen molar-refractivity contribution < 1.29 is 14.7 Å². The molecule has 2 amide bonds. The standard InChI is InChI=1S/C14H28N2O3/c1-10(2)7-16(8-12(17)18)13(19)15-9-14(5,6)11(3)4/h10-11H,7-9H2,1-6H3,(H,15,19)(H,17,18). The first-order chi connectivity index (χ1) is 8.56. The molecule has 0 aliphatic heterocycles. The van der Waals surface area contributed by atoms with Gasteiger partial charge in [0.1, 0.15) is 6.54 Å². The number of carbonyl (C=O) groups is 2. The maximum atomic E-state index is 12.0. The highest BCUT2D eigenvalue weighted by molar-refractivity contribution is 5.80. The van der Waals surface area contributed by atoms with Gasteiger partial charge >= 0.3 is 12.0 Å². The van der Waals surface area contributed by atoms with E-state index in [9.17, 15) is 9.59 Å². The van der Waals surface area contributed by atoms with E-state index in [2.05, 4.69) is 33.0 Å². The van der Waals surface area contributed by atoms with Gasteiger partial charge in [0.15, 0.2) is 0 Å². The minimum absolute atomic E-state index is 0.0115. The summed E-state index contributed by atoms with van der Waals surface area (Å²) < 4.78 is 0. The first-order valence-electron chi connectivity index (χ1n) is 6.80. The molecule has 5 nitrogen and oxygen atoms in total. The maximum absolute atomic E-state index is 12.0. The second-order valence-electron chi connectivity index (χ2n) is 6.47. The molecule has 0 fully saturated rings. The first kappa shape index (κ1) is 17.7. The molecule has 0 aliphatic carbocycles. The third-order valence-electron chi connectivity index (χ3n) is 3.46. The fraction of sp³-hybridized carbons (Fsp3) is 0.857. The zero-order valence-electron chi connectivity index (χ0n) is 13.0. The Bertz CT molecular complexity index is 312. The molecular weight excluding hydrogens is 244 g/mol. The molecule has 0 spiro atoms. The molecule has 0 rings (SSSR count). The van der Waals surface area contributed by atoms with E-state index >= 15 is 0 Å². The monoisotopic (exact) mass is 272 g/mol. The lowest BCUT2D eigenvalue weighted by Gasteiger charge is -2.31. The Morgan fingerprint density at radius 3 is 2.11 bits per heavy atom. The fourth-order valence-electron chi connectivity index (χ4n) is 1.44. The second kappa shape index (κ2) is 7.36. The number of carboxylic acid groups (broad SMARTS) is 1. The van der Waals surface area contributed by atoms with Crippen LogP contribution in [0, 0.1) is 17.3 Å². The molecule has 0 radical (unpaired) electrons. The van der Waals surface area contributed by atoms with Crippen LogP contribution in [0.3, 0.4) is 0 Å². The second-order valence-corrected chi connectivity index (χ2v) is 6.47. The Balaban J connectivity index is 4.52. The summed E-state index contributed by atoms with van der Waals surface area (Å²) in [6.45, 7) is 13.0. The molecule has 5 heteroatoms. The van der Waals surface area contributed by atoms with Crippen molar-refractivity contribution >= 4 is 12.0 Å². The molecule has 0 aromatic carbocycles. The first-order valence-corrected chi connectivity index (χ1v) is 6.80. The number of nitrogens with one attached hydrogen (secondary N) is 1. The Morgan fingerprint density at radius 1 is 1.21 bits per heavy atom. The minimum Gasteiger partial charge on any atom is -0.480 e. The third kappa shape index (κ3) is 7.03. The number of amides is 2. The van der Waals surface area contributed by atoms with E-state index in [1.165, 1.54) is 4.90 Å². The molecular formula is C14H28N2O3. The van der Waals surface area contributed by atoms with Gasteiger partial charge in [-0.1, -0.05) is 41.5 Å². The van der Waals surface area contributed by atoms with Gasteiger partial charge in [0.05, 0.1) is 0 Å². The quantitative estimate of drug-likeness (QED) is 0.747. The Hall–Kier alpha value is -1.26. The molecule has 112 valence electrons. The number of carboxylic acids is 1. The predicted octanol–water partition coefficient (Wildman–Crippen LogP) is 2.42. The van der Waals surface area contributed by atoms with Crippen molar-refractivity contribution in [3.63, 3.8) is 0 Å². The van der Waals surface area contributed by atoms with Gasteiger partial charge in [-0.25, -0.2) is 4.79 Å². The molecule has 0 aliphatic rings. The molecule has 0 saturated heterocycles. The third-order valence-corrected chi connectivity index (χ3v) is 3.46. The summed E-state index contributed by atoms with van der Waals surface area (Å²) in [7, 11) is 0. The summed E-state index contributed by atoms with van der Waals surface area (Å²) in [6, 6.07) is -0.301. The molecule has 0 saturated carbocycles. The Labute approximate surface area is 116 Å². The molecule has 2 N–H and O–H groups in total. The smallest absolute Gasteiger partial charge is 0.323 e. The van der Waals surface area contributed by atoms with Crippen LogP contribution in [0.1, 0.15) is 41.5 Å². The average Bonchev–Trinajstić information content (AvgIpc) is 2.23. The molecule has 19 heavy (non-hydrogen) atoms. The largest absolute Gasteiger partial charge is 0.480 e. The van der Waals surface area contributed by atoms with Crippen LogP contribution in [0.15, 0.2) is 0 Å². The molecule has 0 heterocycles. The van der Waals surface area contributed by atoms with E-state index in [4.69, 9.17) is 5.11 Å². The molecule has 0 atom stereocenters. The number of nitrogens with zero attached hydrogens (tertiary/aromatic N) is 1. The van der Waals surface area contributed by atoms with Gasteiger partial charge in [0.2, 0.25) is 0 Å². The van der Waals surface area contributed by atoms with Gasteiger partial charge in [-0.2, -0.15) is 0 Å². The normalized spacial score (nSPS) is 11.8. The average molecular weight is 272 g/mol. The minimum atomic E-state index is -0.987. The van der Waals surface area contributed by atoms with Gasteiger partial charge in [0, 0.05) is 13.1 Å². The van der Waals surface area contributed by atoms with Crippen LogP contribution in [-0.2, 0) is 4.79 Å². The van der Waals surface area contributed by atoms with Crippen LogP contribution in [0.5, 0.6) is 0 Å². The predicted molar refractivity (Wildman–Crippen MR) is 76.1 cm³/mol. The van der Waals surface area contributed by atoms with Gasteiger partial charge in [-0.15, -0.1) is 0 Å². The summed E-state index contributed by atoms with van der Waals surface area (Å²) in [5, 5.41) is 11.7. The maximum Gasteiger partial charge on any atom is 0.323 e. The zero-order valence-corrected chi connectivity index (χ0v) is 13.0. The molecule has 0 unspecified atom stereocenters. The summed E-state index contributed by atoms with van der Waals surface area (Å²) in [5.41, 5.74) is -0.0115. The molecule has 0 bridgehead atoms. The van der Waals surface area contributed by atoms with Crippen LogP contribution in [-0.4, -0.2) is 41.6 Å². The number of carbonyl (C=O) groups excluding carboxylic acids is 1. The highest BCUT2D eigenvalue weighted by Gasteiger charge is 2.25. The Morgan fingerprint density at radius 2 is 1.74 bits per heavy atom. The summed E-state index contributed by atoms with van der Waals surface area (Å²) in [4.78, 5) is 24.2. The van der Waals surface area contributed by atoms with Crippen molar-refractivity contribution in [2.45, 2.75) is 41.5 Å². The van der Waals surface area contributed by atoms with Gasteiger partial charge in [-0.3, -0.25) is 4.79 Å². The zero-order chi connectivity index (χ0) is 15.2. The van der Waals surface area contributed by atoms with E-state index in [0.29, 0.717) is 19.0 Å². The van der Waals surface area contributed by atoms with E-state index in [-0.39, 0.29) is 23.9 Å². The summed E-state index contributed by atoms with van der Waals surface area (Å²) in [6.07, 6.45) is 0. The van der Waals surface area contributed by atoms with Crippen LogP contribution >= 0.6 is 0 Å². The van der Waals surface area contributed by atoms with Crippen molar-refractivity contribution in [2.75, 3.05) is 19.6 Å². The van der Waals surface area contributed by atoms with Gasteiger partial charge in [-0.05, 0) is 17.3 Å². The van der Waals surface area contributed by atoms with E-state index in [0.717, 1.165) is 0 Å². The van der Waals surface area contributed by atoms with Crippen molar-refractivity contribution in [3.8, 4) is 0 Å². The van der Waals surface area contributed by atoms with Crippen molar-refractivity contribution in [1.82, 2.24) is 10.2 Å². The van der Waals surface area contributed by atoms with Gasteiger partial charge < -0.3 is 15.3 Å². The topological polar surface area (TPSA) is 69.6 Å². The summed E-state index contributed by atoms with van der Waals surface area (Å²) in [5.74, 6) is -0.312. The SMILES string of the molecule is CC(C)CN(CC(=O)O)C(=O)NCC(C)(C)C(C)C. The van der Waals surface area contributed by atoms with Crippen LogP contribution in [0.4, 0.5) is 4.79 Å². The highest BCUT2D eigenvalue weighted by atomic mass is 16.4. The lowest BCUT2D eigenvalue weighted by atomic mass is 9.81. The van der Waals surface area contributed by atoms with Gasteiger partial charge in [0.25, 0.3) is 0 Å². The molecule has 0 aromatic heterocycles. The van der Waals surface area contributed by atoms with E-state index in [1.54, 1.807) is 0 Å². The number of hydrogen-bond donors (Lipinski definition) is 2. The summed E-state index contributed by atoms with van der Waals surface area (Å²) >= 11 is 0. The number of aliphatic carboxylic acids is 1.